The number of hydrogen-bond donors (Lipinski definition) is 2. The minimum Gasteiger partial charge on any atom is -0.384 e. The molecular weight excluding hydrogens is 246 g/mol. The number of nitrogens with one attached hydrogen (secondary N) is 1. The van der Waals surface area contributed by atoms with Gasteiger partial charge < -0.3 is 20.7 Å². The monoisotopic (exact) mass is 267 g/mol. The van der Waals surface area contributed by atoms with Crippen molar-refractivity contribution in [1.29, 1.82) is 0 Å². The molecule has 0 saturated heterocycles. The summed E-state index contributed by atoms with van der Waals surface area (Å²) in [6, 6.07) is 1.63. The first-order chi connectivity index (χ1) is 9.02. The Morgan fingerprint density at radius 2 is 2.21 bits per heavy atom. The van der Waals surface area contributed by atoms with Crippen LogP contribution in [0.25, 0.3) is 0 Å². The largest absolute Gasteiger partial charge is 0.384 e. The fraction of sp³-hybridized carbons (Fsp3) is 0.583. The zero-order valence-electron chi connectivity index (χ0n) is 11.6. The lowest BCUT2D eigenvalue weighted by Gasteiger charge is -2.11. The summed E-state index contributed by atoms with van der Waals surface area (Å²) in [5, 5.41) is 3.05. The number of aromatic nitrogens is 2. The van der Waals surface area contributed by atoms with Crippen molar-refractivity contribution in [2.75, 3.05) is 38.3 Å². The third kappa shape index (κ3) is 5.52. The summed E-state index contributed by atoms with van der Waals surface area (Å²) in [7, 11) is 3.45. The zero-order chi connectivity index (χ0) is 14.3. The fourth-order valence-corrected chi connectivity index (χ4v) is 1.39. The summed E-state index contributed by atoms with van der Waals surface area (Å²) in [5.41, 5.74) is 5.69. The zero-order valence-corrected chi connectivity index (χ0v) is 11.6. The first-order valence-corrected chi connectivity index (χ1v) is 6.18. The molecule has 0 unspecified atom stereocenters. The van der Waals surface area contributed by atoms with Crippen LogP contribution < -0.4 is 11.1 Å². The van der Waals surface area contributed by atoms with Crippen LogP contribution in [0.2, 0.25) is 0 Å². The highest BCUT2D eigenvalue weighted by molar-refractivity contribution is 5.76. The number of ether oxygens (including phenoxy) is 1. The van der Waals surface area contributed by atoms with Gasteiger partial charge in [-0.3, -0.25) is 4.79 Å². The maximum absolute atomic E-state index is 11.4. The predicted octanol–water partition coefficient (Wildman–Crippen LogP) is 0.486. The molecule has 19 heavy (non-hydrogen) atoms. The van der Waals surface area contributed by atoms with E-state index in [1.807, 2.05) is 6.92 Å². The van der Waals surface area contributed by atoms with Gasteiger partial charge in [0, 0.05) is 39.7 Å². The Labute approximate surface area is 113 Å². The summed E-state index contributed by atoms with van der Waals surface area (Å²) in [4.78, 5) is 21.3. The minimum absolute atomic E-state index is 0.0593. The van der Waals surface area contributed by atoms with Crippen molar-refractivity contribution in [1.82, 2.24) is 14.9 Å². The maximum atomic E-state index is 11.4. The van der Waals surface area contributed by atoms with Gasteiger partial charge in [0.25, 0.3) is 0 Å². The van der Waals surface area contributed by atoms with Crippen molar-refractivity contribution in [2.45, 2.75) is 20.0 Å². The number of carbonyl (C=O) groups is 1. The van der Waals surface area contributed by atoms with Crippen molar-refractivity contribution in [3.63, 3.8) is 0 Å². The number of nitrogens with two attached hydrogens (primary N) is 1. The van der Waals surface area contributed by atoms with Gasteiger partial charge in [0.05, 0.1) is 0 Å². The Kier molecular flexibility index (Phi) is 6.01. The summed E-state index contributed by atoms with van der Waals surface area (Å²) in [6.07, 6.45) is 0.400. The molecule has 1 aromatic heterocycles. The average Bonchev–Trinajstić information content (AvgIpc) is 2.35. The van der Waals surface area contributed by atoms with E-state index >= 15 is 0 Å². The van der Waals surface area contributed by atoms with Crippen molar-refractivity contribution in [3.8, 4) is 0 Å². The van der Waals surface area contributed by atoms with Crippen molar-refractivity contribution >= 4 is 17.5 Å². The van der Waals surface area contributed by atoms with Gasteiger partial charge >= 0.3 is 0 Å². The van der Waals surface area contributed by atoms with E-state index in [-0.39, 0.29) is 5.91 Å². The third-order valence-corrected chi connectivity index (χ3v) is 2.37. The highest BCUT2D eigenvalue weighted by Gasteiger charge is 2.05. The molecule has 0 aliphatic carbocycles. The highest BCUT2D eigenvalue weighted by atomic mass is 16.5. The molecule has 0 saturated carbocycles. The second kappa shape index (κ2) is 7.52. The van der Waals surface area contributed by atoms with Gasteiger partial charge in [-0.2, -0.15) is 0 Å². The predicted molar refractivity (Wildman–Crippen MR) is 73.6 cm³/mol. The van der Waals surface area contributed by atoms with Crippen LogP contribution in [-0.2, 0) is 16.1 Å². The fourth-order valence-electron chi connectivity index (χ4n) is 1.39. The van der Waals surface area contributed by atoms with Crippen LogP contribution >= 0.6 is 0 Å². The van der Waals surface area contributed by atoms with E-state index < -0.39 is 0 Å². The van der Waals surface area contributed by atoms with Crippen LogP contribution in [0.5, 0.6) is 0 Å². The molecule has 7 nitrogen and oxygen atoms in total. The Morgan fingerprint density at radius 1 is 1.47 bits per heavy atom. The van der Waals surface area contributed by atoms with Crippen LogP contribution in [0.4, 0.5) is 11.6 Å². The highest BCUT2D eigenvalue weighted by Crippen LogP contribution is 2.09. The van der Waals surface area contributed by atoms with E-state index in [1.165, 1.54) is 0 Å². The molecule has 0 aliphatic heterocycles. The number of hydrogen-bond acceptors (Lipinski definition) is 6. The second-order valence-electron chi connectivity index (χ2n) is 4.20. The van der Waals surface area contributed by atoms with Crippen LogP contribution in [0.15, 0.2) is 6.07 Å². The van der Waals surface area contributed by atoms with Crippen LogP contribution in [0, 0.1) is 0 Å². The van der Waals surface area contributed by atoms with Crippen molar-refractivity contribution in [3.05, 3.63) is 11.9 Å². The molecule has 7 heteroatoms. The molecule has 1 rings (SSSR count). The minimum atomic E-state index is 0.0593. The molecule has 0 fully saturated rings. The van der Waals surface area contributed by atoms with Gasteiger partial charge in [0.2, 0.25) is 5.91 Å². The van der Waals surface area contributed by atoms with Gasteiger partial charge in [-0.05, 0) is 6.92 Å². The Morgan fingerprint density at radius 3 is 2.84 bits per heavy atom. The Hall–Kier alpha value is -1.89. The number of nitrogen functional groups attached to an aromatic ring is 1. The average molecular weight is 267 g/mol. The van der Waals surface area contributed by atoms with Gasteiger partial charge in [-0.1, -0.05) is 0 Å². The van der Waals surface area contributed by atoms with Crippen LogP contribution in [-0.4, -0.2) is 48.0 Å². The lowest BCUT2D eigenvalue weighted by atomic mass is 10.3. The molecule has 1 amide bonds. The number of amides is 1. The lowest BCUT2D eigenvalue weighted by molar-refractivity contribution is -0.128. The van der Waals surface area contributed by atoms with Gasteiger partial charge in [0.1, 0.15) is 18.2 Å². The third-order valence-electron chi connectivity index (χ3n) is 2.37. The number of carbonyl (C=O) groups excluding carboxylic acids is 1. The van der Waals surface area contributed by atoms with Gasteiger partial charge in [-0.15, -0.1) is 0 Å². The number of nitrogens with zero attached hydrogens (tertiary/aromatic N) is 3. The summed E-state index contributed by atoms with van der Waals surface area (Å²) >= 11 is 0. The molecule has 3 N–H and O–H groups in total. The van der Waals surface area contributed by atoms with Crippen molar-refractivity contribution in [2.24, 2.45) is 0 Å². The van der Waals surface area contributed by atoms with E-state index in [2.05, 4.69) is 15.3 Å². The smallest absolute Gasteiger partial charge is 0.223 e. The van der Waals surface area contributed by atoms with E-state index in [9.17, 15) is 4.79 Å². The number of anilines is 2. The molecular formula is C12H21N5O2. The van der Waals surface area contributed by atoms with Crippen molar-refractivity contribution < 1.29 is 9.53 Å². The van der Waals surface area contributed by atoms with Crippen LogP contribution in [0.1, 0.15) is 19.2 Å². The Bertz CT molecular complexity index is 423. The molecule has 1 heterocycles. The topological polar surface area (TPSA) is 93.4 Å². The molecule has 0 spiro atoms. The summed E-state index contributed by atoms with van der Waals surface area (Å²) < 4.78 is 5.23. The first-order valence-electron chi connectivity index (χ1n) is 6.18. The lowest BCUT2D eigenvalue weighted by Crippen LogP contribution is -2.24. The maximum Gasteiger partial charge on any atom is 0.223 e. The van der Waals surface area contributed by atoms with Crippen LogP contribution in [0.3, 0.4) is 0 Å². The van der Waals surface area contributed by atoms with E-state index in [4.69, 9.17) is 10.5 Å². The Balaban J connectivity index is 2.53. The molecule has 1 aromatic rings. The number of rotatable bonds is 7. The van der Waals surface area contributed by atoms with E-state index in [0.717, 1.165) is 0 Å². The molecule has 106 valence electrons. The standard InChI is InChI=1S/C12H21N5O2/c1-4-19-8-11-15-9(13)7-10(16-11)14-6-5-12(18)17(2)3/h7H,4-6,8H2,1-3H3,(H3,13,14,15,16). The van der Waals surface area contributed by atoms with Gasteiger partial charge in [0.15, 0.2) is 5.82 Å². The molecule has 0 aromatic carbocycles. The molecule has 0 bridgehead atoms. The molecule has 0 atom stereocenters. The normalized spacial score (nSPS) is 10.3. The molecule has 0 aliphatic rings. The quantitative estimate of drug-likeness (QED) is 0.746. The van der Waals surface area contributed by atoms with E-state index in [1.54, 1.807) is 25.1 Å². The SMILES string of the molecule is CCOCc1nc(N)cc(NCCC(=O)N(C)C)n1. The first kappa shape index (κ1) is 15.2. The summed E-state index contributed by atoms with van der Waals surface area (Å²) in [5.74, 6) is 1.58. The second-order valence-corrected chi connectivity index (χ2v) is 4.20. The van der Waals surface area contributed by atoms with E-state index in [0.29, 0.717) is 43.6 Å². The summed E-state index contributed by atoms with van der Waals surface area (Å²) in [6.45, 7) is 3.32. The molecule has 0 radical (unpaired) electrons. The van der Waals surface area contributed by atoms with Gasteiger partial charge in [-0.25, -0.2) is 9.97 Å².